The lowest BCUT2D eigenvalue weighted by molar-refractivity contribution is -0.120. The van der Waals surface area contributed by atoms with Crippen LogP contribution in [0.15, 0.2) is 28.2 Å². The largest absolute Gasteiger partial charge is 0.459 e. The maximum Gasteiger partial charge on any atom is 0.293 e. The Morgan fingerprint density at radius 3 is 3.00 bits per heavy atom. The van der Waals surface area contributed by atoms with Crippen molar-refractivity contribution in [2.24, 2.45) is 0 Å². The highest BCUT2D eigenvalue weighted by Gasteiger charge is 2.12. The maximum atomic E-state index is 11.8. The topological polar surface area (TPSA) is 84.2 Å². The number of rotatable bonds is 7. The van der Waals surface area contributed by atoms with Crippen LogP contribution in [0.1, 0.15) is 36.0 Å². The first kappa shape index (κ1) is 15.2. The van der Waals surface area contributed by atoms with Crippen LogP contribution in [0.25, 0.3) is 0 Å². The number of hydrogen-bond donors (Lipinski definition) is 2. The van der Waals surface area contributed by atoms with Crippen molar-refractivity contribution < 1.29 is 14.0 Å². The van der Waals surface area contributed by atoms with Gasteiger partial charge < -0.3 is 9.73 Å². The zero-order valence-electron chi connectivity index (χ0n) is 11.7. The van der Waals surface area contributed by atoms with Gasteiger partial charge in [-0.15, -0.1) is 11.3 Å². The second kappa shape index (κ2) is 7.58. The summed E-state index contributed by atoms with van der Waals surface area (Å²) in [5.41, 5.74) is 0.642. The number of carbonyl (C=O) groups is 2. The standard InChI is InChI=1S/C14H17N3O3S/c1-2-3-6-15-12(18)8-10-9-21-14(16-10)17-13(19)11-5-4-7-20-11/h4-5,7,9H,2-3,6,8H2,1H3,(H,15,18)(H,16,17,19). The molecule has 6 nitrogen and oxygen atoms in total. The minimum absolute atomic E-state index is 0.0577. The van der Waals surface area contributed by atoms with E-state index in [1.807, 2.05) is 0 Å². The van der Waals surface area contributed by atoms with Crippen molar-refractivity contribution in [1.29, 1.82) is 0 Å². The number of unbranched alkanes of at least 4 members (excludes halogenated alkanes) is 1. The fraction of sp³-hybridized carbons (Fsp3) is 0.357. The lowest BCUT2D eigenvalue weighted by Gasteiger charge is -2.02. The van der Waals surface area contributed by atoms with Crippen molar-refractivity contribution >= 4 is 28.3 Å². The molecule has 0 radical (unpaired) electrons. The van der Waals surface area contributed by atoms with Gasteiger partial charge >= 0.3 is 0 Å². The van der Waals surface area contributed by atoms with Crippen LogP contribution in [0.2, 0.25) is 0 Å². The van der Waals surface area contributed by atoms with Gasteiger partial charge in [-0.1, -0.05) is 13.3 Å². The smallest absolute Gasteiger partial charge is 0.293 e. The Kier molecular flexibility index (Phi) is 5.51. The molecule has 0 aliphatic rings. The molecular weight excluding hydrogens is 290 g/mol. The molecule has 2 heterocycles. The quantitative estimate of drug-likeness (QED) is 0.770. The van der Waals surface area contributed by atoms with Crippen LogP contribution >= 0.6 is 11.3 Å². The van der Waals surface area contributed by atoms with Crippen LogP contribution in [0.4, 0.5) is 5.13 Å². The van der Waals surface area contributed by atoms with Crippen LogP contribution < -0.4 is 10.6 Å². The molecule has 2 N–H and O–H groups in total. The van der Waals surface area contributed by atoms with Gasteiger partial charge in [0.2, 0.25) is 5.91 Å². The molecule has 0 aliphatic heterocycles. The first-order chi connectivity index (χ1) is 10.2. The van der Waals surface area contributed by atoms with Gasteiger partial charge in [-0.2, -0.15) is 0 Å². The number of nitrogens with zero attached hydrogens (tertiary/aromatic N) is 1. The molecule has 0 aromatic carbocycles. The second-order valence-electron chi connectivity index (χ2n) is 4.46. The maximum absolute atomic E-state index is 11.8. The molecule has 0 saturated heterocycles. The average Bonchev–Trinajstić information content (AvgIpc) is 3.10. The van der Waals surface area contributed by atoms with Gasteiger partial charge in [0, 0.05) is 11.9 Å². The van der Waals surface area contributed by atoms with E-state index in [0.717, 1.165) is 12.8 Å². The predicted octanol–water partition coefficient (Wildman–Crippen LogP) is 2.45. The van der Waals surface area contributed by atoms with E-state index in [1.165, 1.54) is 17.6 Å². The third-order valence-corrected chi connectivity index (χ3v) is 3.52. The second-order valence-corrected chi connectivity index (χ2v) is 5.31. The summed E-state index contributed by atoms with van der Waals surface area (Å²) in [6, 6.07) is 3.22. The van der Waals surface area contributed by atoms with Gasteiger partial charge in [-0.05, 0) is 18.6 Å². The number of furan rings is 1. The lowest BCUT2D eigenvalue weighted by atomic mass is 10.3. The Morgan fingerprint density at radius 2 is 2.29 bits per heavy atom. The summed E-state index contributed by atoms with van der Waals surface area (Å²) in [6.45, 7) is 2.75. The summed E-state index contributed by atoms with van der Waals surface area (Å²) in [5.74, 6) is -0.185. The number of anilines is 1. The third kappa shape index (κ3) is 4.71. The Morgan fingerprint density at radius 1 is 1.43 bits per heavy atom. The van der Waals surface area contributed by atoms with E-state index >= 15 is 0 Å². The fourth-order valence-corrected chi connectivity index (χ4v) is 2.35. The first-order valence-electron chi connectivity index (χ1n) is 6.75. The Labute approximate surface area is 126 Å². The lowest BCUT2D eigenvalue weighted by Crippen LogP contribution is -2.26. The Balaban J connectivity index is 1.84. The van der Waals surface area contributed by atoms with E-state index < -0.39 is 0 Å². The molecule has 0 bridgehead atoms. The fourth-order valence-electron chi connectivity index (χ4n) is 1.64. The summed E-state index contributed by atoms with van der Waals surface area (Å²) in [6.07, 6.45) is 3.66. The number of thiazole rings is 1. The summed E-state index contributed by atoms with van der Waals surface area (Å²) in [4.78, 5) is 27.6. The minimum Gasteiger partial charge on any atom is -0.459 e. The summed E-state index contributed by atoms with van der Waals surface area (Å²) >= 11 is 1.28. The summed E-state index contributed by atoms with van der Waals surface area (Å²) < 4.78 is 4.99. The molecule has 2 aromatic heterocycles. The zero-order valence-corrected chi connectivity index (χ0v) is 12.5. The van der Waals surface area contributed by atoms with E-state index in [2.05, 4.69) is 22.5 Å². The molecular formula is C14H17N3O3S. The molecule has 2 aromatic rings. The highest BCUT2D eigenvalue weighted by molar-refractivity contribution is 7.14. The van der Waals surface area contributed by atoms with Crippen LogP contribution in [-0.2, 0) is 11.2 Å². The van der Waals surface area contributed by atoms with Crippen molar-refractivity contribution in [3.8, 4) is 0 Å². The number of aromatic nitrogens is 1. The highest BCUT2D eigenvalue weighted by Crippen LogP contribution is 2.17. The normalized spacial score (nSPS) is 10.3. The Hall–Kier alpha value is -2.15. The van der Waals surface area contributed by atoms with E-state index in [0.29, 0.717) is 17.4 Å². The molecule has 0 unspecified atom stereocenters. The molecule has 7 heteroatoms. The SMILES string of the molecule is CCCCNC(=O)Cc1csc(NC(=O)c2ccco2)n1. The van der Waals surface area contributed by atoms with Gasteiger partial charge in [0.25, 0.3) is 5.91 Å². The van der Waals surface area contributed by atoms with Gasteiger partial charge in [-0.25, -0.2) is 4.98 Å². The van der Waals surface area contributed by atoms with Crippen molar-refractivity contribution in [3.05, 3.63) is 35.2 Å². The minimum atomic E-state index is -0.353. The van der Waals surface area contributed by atoms with Gasteiger partial charge in [0.05, 0.1) is 18.4 Å². The monoisotopic (exact) mass is 307 g/mol. The number of amides is 2. The first-order valence-corrected chi connectivity index (χ1v) is 7.63. The van der Waals surface area contributed by atoms with Crippen LogP contribution in [0.5, 0.6) is 0 Å². The van der Waals surface area contributed by atoms with E-state index in [1.54, 1.807) is 17.5 Å². The van der Waals surface area contributed by atoms with Crippen LogP contribution in [0, 0.1) is 0 Å². The van der Waals surface area contributed by atoms with Crippen molar-refractivity contribution in [2.45, 2.75) is 26.2 Å². The van der Waals surface area contributed by atoms with E-state index in [9.17, 15) is 9.59 Å². The molecule has 0 aliphatic carbocycles. The molecule has 0 saturated carbocycles. The predicted molar refractivity (Wildman–Crippen MR) is 80.4 cm³/mol. The molecule has 0 atom stereocenters. The van der Waals surface area contributed by atoms with Crippen molar-refractivity contribution in [3.63, 3.8) is 0 Å². The van der Waals surface area contributed by atoms with Crippen LogP contribution in [-0.4, -0.2) is 23.3 Å². The van der Waals surface area contributed by atoms with Crippen LogP contribution in [0.3, 0.4) is 0 Å². The number of hydrogen-bond acceptors (Lipinski definition) is 5. The zero-order chi connectivity index (χ0) is 15.1. The molecule has 0 fully saturated rings. The van der Waals surface area contributed by atoms with E-state index in [-0.39, 0.29) is 24.0 Å². The van der Waals surface area contributed by atoms with E-state index in [4.69, 9.17) is 4.42 Å². The number of nitrogens with one attached hydrogen (secondary N) is 2. The molecule has 0 spiro atoms. The highest BCUT2D eigenvalue weighted by atomic mass is 32.1. The molecule has 2 amide bonds. The number of carbonyl (C=O) groups excluding carboxylic acids is 2. The Bertz CT molecular complexity index is 592. The third-order valence-electron chi connectivity index (χ3n) is 2.71. The van der Waals surface area contributed by atoms with Crippen molar-refractivity contribution in [2.75, 3.05) is 11.9 Å². The van der Waals surface area contributed by atoms with Crippen molar-refractivity contribution in [1.82, 2.24) is 10.3 Å². The van der Waals surface area contributed by atoms with Gasteiger partial charge in [0.15, 0.2) is 10.9 Å². The van der Waals surface area contributed by atoms with Gasteiger partial charge in [-0.3, -0.25) is 14.9 Å². The molecule has 2 rings (SSSR count). The molecule has 21 heavy (non-hydrogen) atoms. The summed E-state index contributed by atoms with van der Waals surface area (Å²) in [7, 11) is 0. The summed E-state index contributed by atoms with van der Waals surface area (Å²) in [5, 5.41) is 7.67. The molecule has 112 valence electrons. The average molecular weight is 307 g/mol. The van der Waals surface area contributed by atoms with Gasteiger partial charge in [0.1, 0.15) is 0 Å².